The number of aliphatic hydroxyl groups excluding tert-OH is 2. The summed E-state index contributed by atoms with van der Waals surface area (Å²) in [7, 11) is 0. The maximum absolute atomic E-state index is 11.1. The van der Waals surface area contributed by atoms with E-state index in [4.69, 9.17) is 0 Å². The van der Waals surface area contributed by atoms with Crippen molar-refractivity contribution in [3.63, 3.8) is 0 Å². The largest absolute Gasteiger partial charge is 0.550 e. The fourth-order valence-electron chi connectivity index (χ4n) is 6.08. The molecule has 0 aromatic rings. The number of hydrogen-bond donors (Lipinski definition) is 2. The summed E-state index contributed by atoms with van der Waals surface area (Å²) >= 11 is 0. The van der Waals surface area contributed by atoms with Crippen LogP contribution in [0.15, 0.2) is 35.5 Å². The molecule has 3 fully saturated rings. The van der Waals surface area contributed by atoms with Gasteiger partial charge in [-0.1, -0.05) is 38.2 Å². The van der Waals surface area contributed by atoms with Crippen LogP contribution < -0.4 is 5.11 Å². The lowest BCUT2D eigenvalue weighted by atomic mass is 9.61. The molecule has 3 saturated carbocycles. The van der Waals surface area contributed by atoms with Crippen LogP contribution >= 0.6 is 0 Å². The van der Waals surface area contributed by atoms with Crippen LogP contribution in [0.3, 0.4) is 0 Å². The Balaban J connectivity index is 1.80. The monoisotopic (exact) mass is 373 g/mol. The first-order valence-corrected chi connectivity index (χ1v) is 10.4. The number of aliphatic carboxylic acids is 1. The molecule has 3 aliphatic rings. The molecule has 4 nitrogen and oxygen atoms in total. The van der Waals surface area contributed by atoms with Gasteiger partial charge in [-0.05, 0) is 79.3 Å². The van der Waals surface area contributed by atoms with Gasteiger partial charge in [0.15, 0.2) is 0 Å². The van der Waals surface area contributed by atoms with Gasteiger partial charge < -0.3 is 20.1 Å². The molecule has 3 aliphatic carbocycles. The summed E-state index contributed by atoms with van der Waals surface area (Å²) in [6, 6.07) is 0. The van der Waals surface area contributed by atoms with E-state index in [1.54, 1.807) is 0 Å². The maximum atomic E-state index is 11.1. The molecule has 0 unspecified atom stereocenters. The minimum atomic E-state index is -0.946. The summed E-state index contributed by atoms with van der Waals surface area (Å²) < 4.78 is 0. The van der Waals surface area contributed by atoms with Crippen molar-refractivity contribution >= 4 is 5.97 Å². The zero-order chi connectivity index (χ0) is 19.8. The molecule has 0 aromatic carbocycles. The molecule has 0 amide bonds. The number of carboxylic acids is 1. The van der Waals surface area contributed by atoms with Crippen molar-refractivity contribution in [2.24, 2.45) is 23.2 Å². The number of rotatable bonds is 4. The average Bonchev–Trinajstić information content (AvgIpc) is 2.93. The van der Waals surface area contributed by atoms with E-state index in [9.17, 15) is 20.1 Å². The molecule has 0 spiro atoms. The fourth-order valence-corrected chi connectivity index (χ4v) is 6.08. The van der Waals surface area contributed by atoms with E-state index in [1.807, 2.05) is 6.08 Å². The minimum absolute atomic E-state index is 0.145. The Labute approximate surface area is 162 Å². The third-order valence-electron chi connectivity index (χ3n) is 7.48. The summed E-state index contributed by atoms with van der Waals surface area (Å²) in [5.74, 6) is 0.110. The highest BCUT2D eigenvalue weighted by molar-refractivity contribution is 5.64. The quantitative estimate of drug-likeness (QED) is 0.794. The van der Waals surface area contributed by atoms with Crippen LogP contribution in [-0.2, 0) is 4.79 Å². The molecule has 4 heteroatoms. The van der Waals surface area contributed by atoms with Crippen molar-refractivity contribution < 1.29 is 20.1 Å². The van der Waals surface area contributed by atoms with Gasteiger partial charge in [-0.3, -0.25) is 0 Å². The molecule has 0 radical (unpaired) electrons. The Bertz CT molecular complexity index is 661. The average molecular weight is 374 g/mol. The van der Waals surface area contributed by atoms with Gasteiger partial charge in [0, 0.05) is 12.4 Å². The molecule has 2 N–H and O–H groups in total. The molecule has 0 aromatic heterocycles. The number of carbonyl (C=O) groups is 1. The number of aliphatic hydroxyl groups is 2. The molecule has 0 aliphatic heterocycles. The van der Waals surface area contributed by atoms with Crippen molar-refractivity contribution in [3.8, 4) is 0 Å². The molecule has 0 bridgehead atoms. The van der Waals surface area contributed by atoms with Crippen LogP contribution in [0.1, 0.15) is 65.2 Å². The van der Waals surface area contributed by atoms with Gasteiger partial charge in [-0.2, -0.15) is 0 Å². The minimum Gasteiger partial charge on any atom is -0.550 e. The Kier molecular flexibility index (Phi) is 5.97. The second-order valence-electron chi connectivity index (χ2n) is 9.22. The van der Waals surface area contributed by atoms with Crippen LogP contribution in [0.2, 0.25) is 0 Å². The van der Waals surface area contributed by atoms with E-state index in [0.717, 1.165) is 43.3 Å². The summed E-state index contributed by atoms with van der Waals surface area (Å²) in [4.78, 5) is 11.1. The predicted molar refractivity (Wildman–Crippen MR) is 104 cm³/mol. The van der Waals surface area contributed by atoms with Crippen LogP contribution in [0.5, 0.6) is 0 Å². The Hall–Kier alpha value is -1.39. The highest BCUT2D eigenvalue weighted by atomic mass is 16.4. The number of carbonyl (C=O) groups excluding carboxylic acids is 1. The third-order valence-corrected chi connectivity index (χ3v) is 7.48. The molecular formula is C23H33O4-. The van der Waals surface area contributed by atoms with Gasteiger partial charge in [0.2, 0.25) is 0 Å². The van der Waals surface area contributed by atoms with Gasteiger partial charge >= 0.3 is 0 Å². The smallest absolute Gasteiger partial charge is 0.0811 e. The van der Waals surface area contributed by atoms with E-state index in [2.05, 4.69) is 26.5 Å². The van der Waals surface area contributed by atoms with E-state index < -0.39 is 18.2 Å². The summed E-state index contributed by atoms with van der Waals surface area (Å²) in [5.41, 5.74) is 3.25. The van der Waals surface area contributed by atoms with Crippen molar-refractivity contribution in [3.05, 3.63) is 35.5 Å². The van der Waals surface area contributed by atoms with Gasteiger partial charge in [-0.25, -0.2) is 0 Å². The summed E-state index contributed by atoms with van der Waals surface area (Å²) in [6.07, 6.45) is 9.68. The van der Waals surface area contributed by atoms with Crippen molar-refractivity contribution in [2.75, 3.05) is 0 Å². The summed E-state index contributed by atoms with van der Waals surface area (Å²) in [5, 5.41) is 31.1. The number of carboxylic acid groups (broad SMARTS) is 1. The van der Waals surface area contributed by atoms with Crippen molar-refractivity contribution in [1.29, 1.82) is 0 Å². The van der Waals surface area contributed by atoms with Crippen LogP contribution in [0.25, 0.3) is 0 Å². The fraction of sp³-hybridized carbons (Fsp3) is 0.696. The topological polar surface area (TPSA) is 80.6 Å². The van der Waals surface area contributed by atoms with Crippen molar-refractivity contribution in [2.45, 2.75) is 77.4 Å². The standard InChI is InChI=1S/C23H34O4/c1-14(11-22(26)27)19-8-9-20-16(5-4-10-23(19,20)3)6-7-17-12-18(24)13-21(25)15(17)2/h6-7,14,18-21,24-25H,2,4-5,8-13H2,1,3H3,(H,26,27)/p-1/b16-6+,17-7-/t14-,18-,19-,20+,21+,23-/m1/s1. The lowest BCUT2D eigenvalue weighted by Crippen LogP contribution is -2.37. The molecular weight excluding hydrogens is 340 g/mol. The van der Waals surface area contributed by atoms with E-state index >= 15 is 0 Å². The first-order valence-electron chi connectivity index (χ1n) is 10.4. The Morgan fingerprint density at radius 3 is 2.81 bits per heavy atom. The first kappa shape index (κ1) is 20.3. The second-order valence-corrected chi connectivity index (χ2v) is 9.22. The Morgan fingerprint density at radius 2 is 2.11 bits per heavy atom. The number of fused-ring (bicyclic) bond motifs is 1. The van der Waals surface area contributed by atoms with E-state index in [1.165, 1.54) is 5.57 Å². The van der Waals surface area contributed by atoms with Gasteiger partial charge in [0.05, 0.1) is 12.2 Å². The van der Waals surface area contributed by atoms with Crippen LogP contribution in [0.4, 0.5) is 0 Å². The van der Waals surface area contributed by atoms with Gasteiger partial charge in [0.1, 0.15) is 0 Å². The highest BCUT2D eigenvalue weighted by Gasteiger charge is 2.50. The third kappa shape index (κ3) is 4.07. The number of allylic oxidation sites excluding steroid dienone is 3. The maximum Gasteiger partial charge on any atom is 0.0811 e. The van der Waals surface area contributed by atoms with E-state index in [-0.39, 0.29) is 17.8 Å². The molecule has 150 valence electrons. The Morgan fingerprint density at radius 1 is 1.37 bits per heavy atom. The second kappa shape index (κ2) is 7.92. The summed E-state index contributed by atoms with van der Waals surface area (Å²) in [6.45, 7) is 8.40. The van der Waals surface area contributed by atoms with Crippen molar-refractivity contribution in [1.82, 2.24) is 0 Å². The molecule has 0 heterocycles. The lowest BCUT2D eigenvalue weighted by Gasteiger charge is -2.44. The highest BCUT2D eigenvalue weighted by Crippen LogP contribution is 2.59. The SMILES string of the molecule is C=C1/C(=C\C=C2/CCC[C@]3(C)[C@@H]([C@H](C)CC(=O)[O-])CC[C@@H]23)C[C@@H](O)C[C@@H]1O. The van der Waals surface area contributed by atoms with Gasteiger partial charge in [0.25, 0.3) is 0 Å². The number of hydrogen-bond acceptors (Lipinski definition) is 4. The van der Waals surface area contributed by atoms with Crippen LogP contribution in [-0.4, -0.2) is 28.4 Å². The van der Waals surface area contributed by atoms with Gasteiger partial charge in [-0.15, -0.1) is 0 Å². The molecule has 0 saturated heterocycles. The molecule has 6 atom stereocenters. The molecule has 3 rings (SSSR count). The first-order chi connectivity index (χ1) is 12.7. The zero-order valence-electron chi connectivity index (χ0n) is 16.6. The lowest BCUT2D eigenvalue weighted by molar-refractivity contribution is -0.307. The normalized spacial score (nSPS) is 41.0. The molecule has 27 heavy (non-hydrogen) atoms. The van der Waals surface area contributed by atoms with Crippen LogP contribution in [0, 0.1) is 23.2 Å². The van der Waals surface area contributed by atoms with E-state index in [0.29, 0.717) is 24.7 Å². The predicted octanol–water partition coefficient (Wildman–Crippen LogP) is 2.90. The zero-order valence-corrected chi connectivity index (χ0v) is 16.6.